The minimum absolute atomic E-state index is 0.0205. The lowest BCUT2D eigenvalue weighted by molar-refractivity contribution is -0.143. The van der Waals surface area contributed by atoms with E-state index in [1.54, 1.807) is 4.90 Å². The smallest absolute Gasteiger partial charge is 0.228 e. The maximum absolute atomic E-state index is 12.7. The third-order valence-electron chi connectivity index (χ3n) is 4.18. The molecule has 0 aliphatic heterocycles. The Morgan fingerprint density at radius 3 is 2.33 bits per heavy atom. The van der Waals surface area contributed by atoms with E-state index in [0.717, 1.165) is 19.3 Å². The first-order valence-corrected chi connectivity index (χ1v) is 7.07. The van der Waals surface area contributed by atoms with E-state index in [2.05, 4.69) is 19.9 Å². The first-order valence-electron chi connectivity index (χ1n) is 7.07. The number of rotatable bonds is 5. The second kappa shape index (κ2) is 6.22. The molecular weight excluding hydrogens is 224 g/mol. The van der Waals surface area contributed by atoms with Crippen LogP contribution >= 0.6 is 0 Å². The molecule has 102 valence electrons. The van der Waals surface area contributed by atoms with Crippen LogP contribution in [0.3, 0.4) is 0 Å². The molecule has 1 fully saturated rings. The van der Waals surface area contributed by atoms with Gasteiger partial charge in [0, 0.05) is 18.5 Å². The van der Waals surface area contributed by atoms with Crippen LogP contribution in [0.1, 0.15) is 59.3 Å². The average molecular weight is 250 g/mol. The van der Waals surface area contributed by atoms with Crippen molar-refractivity contribution in [3.8, 4) is 6.07 Å². The van der Waals surface area contributed by atoms with Crippen molar-refractivity contribution in [1.82, 2.24) is 4.90 Å². The first-order chi connectivity index (χ1) is 8.43. The first kappa shape index (κ1) is 15.0. The molecule has 0 aromatic rings. The molecule has 0 heterocycles. The van der Waals surface area contributed by atoms with Crippen LogP contribution in [0.25, 0.3) is 0 Å². The lowest BCUT2D eigenvalue weighted by Gasteiger charge is -2.36. The third-order valence-corrected chi connectivity index (χ3v) is 4.18. The van der Waals surface area contributed by atoms with Crippen molar-refractivity contribution in [2.45, 2.75) is 65.3 Å². The van der Waals surface area contributed by atoms with Crippen LogP contribution in [0.5, 0.6) is 0 Å². The molecule has 0 aromatic heterocycles. The second-order valence-corrected chi connectivity index (χ2v) is 6.21. The Morgan fingerprint density at radius 2 is 1.89 bits per heavy atom. The maximum atomic E-state index is 12.7. The molecule has 0 saturated heterocycles. The van der Waals surface area contributed by atoms with Gasteiger partial charge in [-0.2, -0.15) is 5.26 Å². The molecule has 1 amide bonds. The van der Waals surface area contributed by atoms with E-state index >= 15 is 0 Å². The molecule has 1 atom stereocenters. The SMILES string of the molecule is CC(C)CC1(C(=O)N(C)C(C)CC#N)CCCC1. The Balaban J connectivity index is 2.80. The summed E-state index contributed by atoms with van der Waals surface area (Å²) in [5.41, 5.74) is -0.146. The van der Waals surface area contributed by atoms with E-state index < -0.39 is 0 Å². The van der Waals surface area contributed by atoms with Crippen LogP contribution in [-0.2, 0) is 4.79 Å². The Bertz CT molecular complexity index is 324. The van der Waals surface area contributed by atoms with Gasteiger partial charge in [-0.15, -0.1) is 0 Å². The number of hydrogen-bond acceptors (Lipinski definition) is 2. The van der Waals surface area contributed by atoms with E-state index in [4.69, 9.17) is 5.26 Å². The van der Waals surface area contributed by atoms with E-state index in [1.807, 2.05) is 14.0 Å². The number of carbonyl (C=O) groups excluding carboxylic acids is 1. The summed E-state index contributed by atoms with van der Waals surface area (Å²) in [6.07, 6.45) is 5.77. The highest BCUT2D eigenvalue weighted by Crippen LogP contribution is 2.44. The molecule has 1 aliphatic carbocycles. The van der Waals surface area contributed by atoms with Crippen molar-refractivity contribution in [2.75, 3.05) is 7.05 Å². The van der Waals surface area contributed by atoms with Crippen LogP contribution in [0, 0.1) is 22.7 Å². The summed E-state index contributed by atoms with van der Waals surface area (Å²) in [7, 11) is 1.85. The number of amides is 1. The Labute approximate surface area is 111 Å². The zero-order chi connectivity index (χ0) is 13.8. The van der Waals surface area contributed by atoms with Gasteiger partial charge in [-0.1, -0.05) is 26.7 Å². The van der Waals surface area contributed by atoms with Gasteiger partial charge in [0.25, 0.3) is 0 Å². The van der Waals surface area contributed by atoms with Crippen molar-refractivity contribution < 1.29 is 4.79 Å². The van der Waals surface area contributed by atoms with Gasteiger partial charge < -0.3 is 4.90 Å². The monoisotopic (exact) mass is 250 g/mol. The van der Waals surface area contributed by atoms with Crippen molar-refractivity contribution in [2.24, 2.45) is 11.3 Å². The highest BCUT2D eigenvalue weighted by atomic mass is 16.2. The van der Waals surface area contributed by atoms with Gasteiger partial charge >= 0.3 is 0 Å². The molecule has 0 aromatic carbocycles. The molecule has 1 rings (SSSR count). The zero-order valence-corrected chi connectivity index (χ0v) is 12.2. The molecule has 3 heteroatoms. The Morgan fingerprint density at radius 1 is 1.33 bits per heavy atom. The van der Waals surface area contributed by atoms with Gasteiger partial charge in [0.1, 0.15) is 0 Å². The molecule has 1 unspecified atom stereocenters. The molecule has 1 saturated carbocycles. The highest BCUT2D eigenvalue weighted by molar-refractivity contribution is 5.83. The van der Waals surface area contributed by atoms with Crippen molar-refractivity contribution in [1.29, 1.82) is 5.26 Å². The molecule has 0 spiro atoms. The van der Waals surface area contributed by atoms with E-state index in [9.17, 15) is 4.79 Å². The lowest BCUT2D eigenvalue weighted by atomic mass is 9.77. The summed E-state index contributed by atoms with van der Waals surface area (Å²) in [6.45, 7) is 6.33. The number of nitriles is 1. The summed E-state index contributed by atoms with van der Waals surface area (Å²) in [5, 5.41) is 8.75. The summed E-state index contributed by atoms with van der Waals surface area (Å²) < 4.78 is 0. The molecule has 0 bridgehead atoms. The van der Waals surface area contributed by atoms with Crippen molar-refractivity contribution in [3.63, 3.8) is 0 Å². The summed E-state index contributed by atoms with van der Waals surface area (Å²) in [5.74, 6) is 0.808. The molecule has 18 heavy (non-hydrogen) atoms. The summed E-state index contributed by atoms with van der Waals surface area (Å²) >= 11 is 0. The van der Waals surface area contributed by atoms with Gasteiger partial charge in [0.2, 0.25) is 5.91 Å². The van der Waals surface area contributed by atoms with Crippen LogP contribution in [-0.4, -0.2) is 23.9 Å². The van der Waals surface area contributed by atoms with Crippen LogP contribution in [0.2, 0.25) is 0 Å². The van der Waals surface area contributed by atoms with Crippen molar-refractivity contribution >= 4 is 5.91 Å². The number of hydrogen-bond donors (Lipinski definition) is 0. The van der Waals surface area contributed by atoms with Gasteiger partial charge in [0.05, 0.1) is 12.5 Å². The van der Waals surface area contributed by atoms with Gasteiger partial charge in [-0.25, -0.2) is 0 Å². The predicted octanol–water partition coefficient (Wildman–Crippen LogP) is 3.35. The average Bonchev–Trinajstić information content (AvgIpc) is 2.76. The fraction of sp³-hybridized carbons (Fsp3) is 0.867. The zero-order valence-electron chi connectivity index (χ0n) is 12.2. The molecule has 1 aliphatic rings. The third kappa shape index (κ3) is 3.25. The van der Waals surface area contributed by atoms with E-state index in [-0.39, 0.29) is 17.4 Å². The predicted molar refractivity (Wildman–Crippen MR) is 72.8 cm³/mol. The number of carbonyl (C=O) groups is 1. The fourth-order valence-corrected chi connectivity index (χ4v) is 3.18. The van der Waals surface area contributed by atoms with Gasteiger partial charge in [-0.3, -0.25) is 4.79 Å². The fourth-order valence-electron chi connectivity index (χ4n) is 3.18. The summed E-state index contributed by atoms with van der Waals surface area (Å²) in [4.78, 5) is 14.5. The van der Waals surface area contributed by atoms with E-state index in [0.29, 0.717) is 12.3 Å². The lowest BCUT2D eigenvalue weighted by Crippen LogP contribution is -2.45. The van der Waals surface area contributed by atoms with Crippen LogP contribution in [0.4, 0.5) is 0 Å². The normalized spacial score (nSPS) is 19.6. The quantitative estimate of drug-likeness (QED) is 0.751. The largest absolute Gasteiger partial charge is 0.342 e. The highest BCUT2D eigenvalue weighted by Gasteiger charge is 2.43. The molecule has 3 nitrogen and oxygen atoms in total. The summed E-state index contributed by atoms with van der Waals surface area (Å²) in [6, 6.07) is 2.17. The standard InChI is InChI=1S/C15H26N2O/c1-12(2)11-15(8-5-6-9-15)14(18)17(4)13(3)7-10-16/h12-13H,5-9,11H2,1-4H3. The van der Waals surface area contributed by atoms with Gasteiger partial charge in [-0.05, 0) is 32.1 Å². The van der Waals surface area contributed by atoms with E-state index in [1.165, 1.54) is 12.8 Å². The Hall–Kier alpha value is -1.04. The van der Waals surface area contributed by atoms with Gasteiger partial charge in [0.15, 0.2) is 0 Å². The Kier molecular flexibility index (Phi) is 5.19. The molecular formula is C15H26N2O. The maximum Gasteiger partial charge on any atom is 0.228 e. The topological polar surface area (TPSA) is 44.1 Å². The van der Waals surface area contributed by atoms with Crippen LogP contribution in [0.15, 0.2) is 0 Å². The minimum atomic E-state index is -0.146. The molecule has 0 radical (unpaired) electrons. The minimum Gasteiger partial charge on any atom is -0.342 e. The molecule has 0 N–H and O–H groups in total. The van der Waals surface area contributed by atoms with Crippen molar-refractivity contribution in [3.05, 3.63) is 0 Å². The second-order valence-electron chi connectivity index (χ2n) is 6.21. The number of nitrogens with zero attached hydrogens (tertiary/aromatic N) is 2. The van der Waals surface area contributed by atoms with Crippen LogP contribution < -0.4 is 0 Å².